The van der Waals surface area contributed by atoms with Gasteiger partial charge in [-0.15, -0.1) is 12.4 Å². The lowest BCUT2D eigenvalue weighted by molar-refractivity contribution is -0.121. The van der Waals surface area contributed by atoms with E-state index >= 15 is 0 Å². The van der Waals surface area contributed by atoms with Crippen LogP contribution in [0.3, 0.4) is 0 Å². The van der Waals surface area contributed by atoms with Gasteiger partial charge in [0.1, 0.15) is 13.2 Å². The van der Waals surface area contributed by atoms with Gasteiger partial charge in [-0.3, -0.25) is 9.00 Å². The first-order valence-corrected chi connectivity index (χ1v) is 10.3. The van der Waals surface area contributed by atoms with Gasteiger partial charge < -0.3 is 20.1 Å². The second-order valence-electron chi connectivity index (χ2n) is 6.98. The van der Waals surface area contributed by atoms with E-state index in [0.717, 1.165) is 12.8 Å². The van der Waals surface area contributed by atoms with E-state index in [1.165, 1.54) is 12.8 Å². The van der Waals surface area contributed by atoms with Crippen molar-refractivity contribution < 1.29 is 18.5 Å². The van der Waals surface area contributed by atoms with Crippen molar-refractivity contribution in [2.75, 3.05) is 19.0 Å². The Balaban J connectivity index is 0.00000196. The largest absolute Gasteiger partial charge is 0.486 e. The van der Waals surface area contributed by atoms with E-state index in [2.05, 4.69) is 10.6 Å². The number of piperidine rings is 1. The summed E-state index contributed by atoms with van der Waals surface area (Å²) < 4.78 is 23.5. The Hall–Kier alpha value is -1.31. The van der Waals surface area contributed by atoms with Crippen molar-refractivity contribution in [1.29, 1.82) is 0 Å². The summed E-state index contributed by atoms with van der Waals surface area (Å²) in [5.41, 5.74) is 0. The molecule has 0 aliphatic carbocycles. The number of carbonyl (C=O) groups is 1. The zero-order chi connectivity index (χ0) is 17.2. The highest BCUT2D eigenvalue weighted by atomic mass is 35.5. The molecule has 8 heteroatoms. The molecule has 3 aliphatic heterocycles. The average Bonchev–Trinajstić information content (AvgIpc) is 2.97. The highest BCUT2D eigenvalue weighted by Gasteiger charge is 2.33. The third-order valence-electron chi connectivity index (χ3n) is 5.13. The summed E-state index contributed by atoms with van der Waals surface area (Å²) in [6.45, 7) is 1.04. The summed E-state index contributed by atoms with van der Waals surface area (Å²) in [5.74, 6) is 1.64. The van der Waals surface area contributed by atoms with Gasteiger partial charge in [-0.25, -0.2) is 0 Å². The number of fused-ring (bicyclic) bond motifs is 3. The molecule has 3 aliphatic rings. The third kappa shape index (κ3) is 4.50. The highest BCUT2D eigenvalue weighted by molar-refractivity contribution is 7.85. The lowest BCUT2D eigenvalue weighted by Crippen LogP contribution is -2.48. The minimum atomic E-state index is -1.22. The molecule has 6 nitrogen and oxygen atoms in total. The van der Waals surface area contributed by atoms with Gasteiger partial charge in [0.05, 0.1) is 10.8 Å². The number of ether oxygens (including phenoxy) is 2. The van der Waals surface area contributed by atoms with E-state index < -0.39 is 10.8 Å². The number of rotatable bonds is 5. The van der Waals surface area contributed by atoms with E-state index in [9.17, 15) is 9.00 Å². The van der Waals surface area contributed by atoms with Gasteiger partial charge in [0.2, 0.25) is 5.91 Å². The van der Waals surface area contributed by atoms with Gasteiger partial charge in [0.15, 0.2) is 11.5 Å². The molecular weight excluding hydrogens is 376 g/mol. The van der Waals surface area contributed by atoms with Crippen LogP contribution in [0.2, 0.25) is 0 Å². The lowest BCUT2D eigenvalue weighted by atomic mass is 10.00. The van der Waals surface area contributed by atoms with Crippen molar-refractivity contribution in [2.24, 2.45) is 0 Å². The van der Waals surface area contributed by atoms with Gasteiger partial charge >= 0.3 is 0 Å². The van der Waals surface area contributed by atoms with Gasteiger partial charge in [-0.1, -0.05) is 0 Å². The first-order valence-electron chi connectivity index (χ1n) is 9.01. The SMILES string of the molecule is Cl.O=C(CCS(=O)c1ccc2c(c1)OCCO2)NC1CC2CCC(C1)N2. The molecule has 4 rings (SSSR count). The summed E-state index contributed by atoms with van der Waals surface area (Å²) in [4.78, 5) is 12.9. The maximum atomic E-state index is 12.5. The molecule has 3 heterocycles. The van der Waals surface area contributed by atoms with Crippen LogP contribution in [0.15, 0.2) is 23.1 Å². The number of amides is 1. The zero-order valence-corrected chi connectivity index (χ0v) is 16.2. The summed E-state index contributed by atoms with van der Waals surface area (Å²) in [6.07, 6.45) is 4.72. The fourth-order valence-corrected chi connectivity index (χ4v) is 5.01. The van der Waals surface area contributed by atoms with Gasteiger partial charge in [0, 0.05) is 41.3 Å². The number of hydrogen-bond acceptors (Lipinski definition) is 5. The molecule has 3 atom stereocenters. The molecular formula is C18H25ClN2O4S. The molecule has 0 saturated carbocycles. The molecule has 1 aromatic carbocycles. The first kappa shape index (κ1) is 19.5. The Morgan fingerprint density at radius 2 is 1.85 bits per heavy atom. The molecule has 2 N–H and O–H groups in total. The smallest absolute Gasteiger partial charge is 0.221 e. The van der Waals surface area contributed by atoms with Crippen LogP contribution in [0.25, 0.3) is 0 Å². The van der Waals surface area contributed by atoms with E-state index in [1.54, 1.807) is 18.2 Å². The van der Waals surface area contributed by atoms with Gasteiger partial charge in [-0.05, 0) is 37.8 Å². The van der Waals surface area contributed by atoms with E-state index in [-0.39, 0.29) is 30.8 Å². The summed E-state index contributed by atoms with van der Waals surface area (Å²) >= 11 is 0. The number of halogens is 1. The number of carbonyl (C=O) groups excluding carboxylic acids is 1. The fraction of sp³-hybridized carbons (Fsp3) is 0.611. The molecule has 0 spiro atoms. The molecule has 0 aromatic heterocycles. The second kappa shape index (κ2) is 8.59. The van der Waals surface area contributed by atoms with Crippen molar-refractivity contribution >= 4 is 29.1 Å². The maximum Gasteiger partial charge on any atom is 0.221 e. The Kier molecular flexibility index (Phi) is 6.42. The van der Waals surface area contributed by atoms with Crippen molar-refractivity contribution in [2.45, 2.75) is 55.1 Å². The van der Waals surface area contributed by atoms with Crippen LogP contribution in [-0.4, -0.2) is 47.2 Å². The standard InChI is InChI=1S/C18H24N2O4S.ClH/c21-18(20-14-9-12-1-2-13(10-14)19-12)5-8-25(22)15-3-4-16-17(11-15)24-7-6-23-16;/h3-4,11-14,19H,1-2,5-10H2,(H,20,21);1H. The minimum Gasteiger partial charge on any atom is -0.486 e. The van der Waals surface area contributed by atoms with Crippen LogP contribution >= 0.6 is 12.4 Å². The van der Waals surface area contributed by atoms with Crippen LogP contribution in [0.1, 0.15) is 32.1 Å². The summed E-state index contributed by atoms with van der Waals surface area (Å²) in [5, 5.41) is 6.69. The van der Waals surface area contributed by atoms with Crippen molar-refractivity contribution in [3.05, 3.63) is 18.2 Å². The van der Waals surface area contributed by atoms with Crippen LogP contribution in [0.5, 0.6) is 11.5 Å². The molecule has 144 valence electrons. The van der Waals surface area contributed by atoms with Crippen LogP contribution in [-0.2, 0) is 15.6 Å². The van der Waals surface area contributed by atoms with Crippen LogP contribution in [0, 0.1) is 0 Å². The van der Waals surface area contributed by atoms with Crippen molar-refractivity contribution in [3.8, 4) is 11.5 Å². The quantitative estimate of drug-likeness (QED) is 0.787. The molecule has 1 aromatic rings. The van der Waals surface area contributed by atoms with E-state index in [0.29, 0.717) is 47.4 Å². The lowest BCUT2D eigenvalue weighted by Gasteiger charge is -2.29. The molecule has 2 fully saturated rings. The molecule has 2 saturated heterocycles. The molecule has 1 amide bonds. The third-order valence-corrected chi connectivity index (χ3v) is 6.48. The number of nitrogens with one attached hydrogen (secondary N) is 2. The summed E-state index contributed by atoms with van der Waals surface area (Å²) in [7, 11) is -1.22. The van der Waals surface area contributed by atoms with Crippen molar-refractivity contribution in [1.82, 2.24) is 10.6 Å². The predicted molar refractivity (Wildman–Crippen MR) is 102 cm³/mol. The minimum absolute atomic E-state index is 0. The van der Waals surface area contributed by atoms with Gasteiger partial charge in [-0.2, -0.15) is 0 Å². The van der Waals surface area contributed by atoms with Crippen molar-refractivity contribution in [3.63, 3.8) is 0 Å². The number of hydrogen-bond donors (Lipinski definition) is 2. The first-order chi connectivity index (χ1) is 12.2. The maximum absolute atomic E-state index is 12.5. The molecule has 0 radical (unpaired) electrons. The molecule has 26 heavy (non-hydrogen) atoms. The zero-order valence-electron chi connectivity index (χ0n) is 14.6. The molecule has 3 unspecified atom stereocenters. The topological polar surface area (TPSA) is 76.7 Å². The van der Waals surface area contributed by atoms with E-state index in [1.807, 2.05) is 0 Å². The van der Waals surface area contributed by atoms with Crippen LogP contribution < -0.4 is 20.1 Å². The Morgan fingerprint density at radius 1 is 1.15 bits per heavy atom. The normalized spacial score (nSPS) is 27.3. The number of benzene rings is 1. The predicted octanol–water partition coefficient (Wildman–Crippen LogP) is 1.78. The average molecular weight is 401 g/mol. The van der Waals surface area contributed by atoms with Crippen LogP contribution in [0.4, 0.5) is 0 Å². The highest BCUT2D eigenvalue weighted by Crippen LogP contribution is 2.32. The fourth-order valence-electron chi connectivity index (χ4n) is 3.94. The second-order valence-corrected chi connectivity index (χ2v) is 8.55. The summed E-state index contributed by atoms with van der Waals surface area (Å²) in [6, 6.07) is 6.69. The van der Waals surface area contributed by atoms with Gasteiger partial charge in [0.25, 0.3) is 0 Å². The Morgan fingerprint density at radius 3 is 2.58 bits per heavy atom. The molecule has 2 bridgehead atoms. The Bertz CT molecular complexity index is 675. The monoisotopic (exact) mass is 400 g/mol. The Labute approximate surface area is 162 Å². The van der Waals surface area contributed by atoms with E-state index in [4.69, 9.17) is 9.47 Å².